The van der Waals surface area contributed by atoms with E-state index in [1.54, 1.807) is 0 Å². The Labute approximate surface area is 121 Å². The summed E-state index contributed by atoms with van der Waals surface area (Å²) < 4.78 is 11.3. The maximum Gasteiger partial charge on any atom is 0.306 e. The van der Waals surface area contributed by atoms with Gasteiger partial charge in [0.25, 0.3) is 0 Å². The molecule has 0 saturated carbocycles. The second kappa shape index (κ2) is 7.44. The lowest BCUT2D eigenvalue weighted by Gasteiger charge is -2.22. The highest BCUT2D eigenvalue weighted by molar-refractivity contribution is 5.70. The number of carbonyl (C=O) groups excluding carboxylic acids is 1. The molecule has 0 bridgehead atoms. The van der Waals surface area contributed by atoms with Crippen LogP contribution >= 0.6 is 0 Å². The van der Waals surface area contributed by atoms with E-state index in [1.807, 2.05) is 18.2 Å². The molecule has 2 rings (SSSR count). The Bertz CT molecular complexity index is 416. The van der Waals surface area contributed by atoms with Crippen molar-refractivity contribution in [1.29, 1.82) is 0 Å². The minimum atomic E-state index is -0.0603. The number of esters is 1. The number of benzene rings is 1. The van der Waals surface area contributed by atoms with E-state index in [0.29, 0.717) is 25.6 Å². The lowest BCUT2D eigenvalue weighted by Crippen LogP contribution is -2.26. The fourth-order valence-corrected chi connectivity index (χ4v) is 2.56. The van der Waals surface area contributed by atoms with Gasteiger partial charge in [0, 0.05) is 12.3 Å². The molecule has 1 heterocycles. The van der Waals surface area contributed by atoms with Crippen molar-refractivity contribution in [3.8, 4) is 0 Å². The zero-order valence-corrected chi connectivity index (χ0v) is 12.4. The second-order valence-corrected chi connectivity index (χ2v) is 5.89. The van der Waals surface area contributed by atoms with Crippen molar-refractivity contribution < 1.29 is 14.3 Å². The van der Waals surface area contributed by atoms with Crippen LogP contribution in [-0.2, 0) is 20.9 Å². The maximum atomic E-state index is 11.6. The van der Waals surface area contributed by atoms with Crippen LogP contribution in [0.15, 0.2) is 30.3 Å². The average molecular weight is 276 g/mol. The molecule has 1 aliphatic rings. The summed E-state index contributed by atoms with van der Waals surface area (Å²) in [6, 6.07) is 10.1. The van der Waals surface area contributed by atoms with Crippen LogP contribution in [0.5, 0.6) is 0 Å². The van der Waals surface area contributed by atoms with Crippen LogP contribution in [-0.4, -0.2) is 18.7 Å². The Morgan fingerprint density at radius 1 is 1.30 bits per heavy atom. The summed E-state index contributed by atoms with van der Waals surface area (Å²) >= 11 is 0. The Balaban J connectivity index is 1.76. The highest BCUT2D eigenvalue weighted by atomic mass is 16.5. The van der Waals surface area contributed by atoms with E-state index < -0.39 is 0 Å². The third-order valence-corrected chi connectivity index (χ3v) is 3.87. The topological polar surface area (TPSA) is 35.5 Å². The van der Waals surface area contributed by atoms with Gasteiger partial charge in [0.1, 0.15) is 6.10 Å². The van der Waals surface area contributed by atoms with Gasteiger partial charge in [-0.3, -0.25) is 4.79 Å². The van der Waals surface area contributed by atoms with Crippen molar-refractivity contribution in [3.05, 3.63) is 35.9 Å². The molecule has 0 unspecified atom stereocenters. The smallest absolute Gasteiger partial charge is 0.306 e. The fraction of sp³-hybridized carbons (Fsp3) is 0.588. The molecule has 0 aliphatic carbocycles. The zero-order chi connectivity index (χ0) is 14.4. The van der Waals surface area contributed by atoms with E-state index in [-0.39, 0.29) is 18.0 Å². The molecule has 1 aromatic carbocycles. The quantitative estimate of drug-likeness (QED) is 0.771. The van der Waals surface area contributed by atoms with Gasteiger partial charge in [0.2, 0.25) is 0 Å². The Morgan fingerprint density at radius 3 is 2.80 bits per heavy atom. The van der Waals surface area contributed by atoms with Crippen molar-refractivity contribution in [3.63, 3.8) is 0 Å². The van der Waals surface area contributed by atoms with E-state index >= 15 is 0 Å². The van der Waals surface area contributed by atoms with Gasteiger partial charge in [-0.25, -0.2) is 0 Å². The van der Waals surface area contributed by atoms with Crippen LogP contribution in [0.25, 0.3) is 0 Å². The van der Waals surface area contributed by atoms with Crippen molar-refractivity contribution in [2.75, 3.05) is 6.61 Å². The van der Waals surface area contributed by atoms with Crippen LogP contribution in [0, 0.1) is 11.8 Å². The predicted octanol–water partition coefficient (Wildman–Crippen LogP) is 3.57. The lowest BCUT2D eigenvalue weighted by atomic mass is 9.96. The highest BCUT2D eigenvalue weighted by Gasteiger charge is 2.26. The summed E-state index contributed by atoms with van der Waals surface area (Å²) in [7, 11) is 0. The predicted molar refractivity (Wildman–Crippen MR) is 78.2 cm³/mol. The third-order valence-electron chi connectivity index (χ3n) is 3.87. The van der Waals surface area contributed by atoms with Gasteiger partial charge in [-0.05, 0) is 24.3 Å². The second-order valence-electron chi connectivity index (χ2n) is 5.89. The zero-order valence-electron chi connectivity index (χ0n) is 12.4. The van der Waals surface area contributed by atoms with Crippen LogP contribution < -0.4 is 0 Å². The van der Waals surface area contributed by atoms with Gasteiger partial charge in [-0.15, -0.1) is 0 Å². The third kappa shape index (κ3) is 4.64. The molecule has 0 radical (unpaired) electrons. The first-order valence-electron chi connectivity index (χ1n) is 7.46. The number of cyclic esters (lactones) is 1. The van der Waals surface area contributed by atoms with Gasteiger partial charge >= 0.3 is 5.97 Å². The molecule has 1 fully saturated rings. The summed E-state index contributed by atoms with van der Waals surface area (Å²) in [5, 5.41) is 0. The first-order valence-corrected chi connectivity index (χ1v) is 7.46. The van der Waals surface area contributed by atoms with Crippen molar-refractivity contribution in [1.82, 2.24) is 0 Å². The highest BCUT2D eigenvalue weighted by Crippen LogP contribution is 2.24. The summed E-state index contributed by atoms with van der Waals surface area (Å²) in [6.45, 7) is 5.45. The van der Waals surface area contributed by atoms with Gasteiger partial charge < -0.3 is 9.47 Å². The van der Waals surface area contributed by atoms with Crippen molar-refractivity contribution >= 4 is 5.97 Å². The monoisotopic (exact) mass is 276 g/mol. The number of rotatable bonds is 5. The molecule has 0 N–H and O–H groups in total. The molecule has 1 aromatic rings. The summed E-state index contributed by atoms with van der Waals surface area (Å²) in [5.41, 5.74) is 1.17. The number of ether oxygens (including phenoxy) is 2. The fourth-order valence-electron chi connectivity index (χ4n) is 2.56. The van der Waals surface area contributed by atoms with Crippen molar-refractivity contribution in [2.45, 2.75) is 45.8 Å². The average Bonchev–Trinajstić information content (AvgIpc) is 2.60. The van der Waals surface area contributed by atoms with Gasteiger partial charge in [0.05, 0.1) is 13.2 Å². The van der Waals surface area contributed by atoms with Crippen molar-refractivity contribution in [2.24, 2.45) is 11.8 Å². The van der Waals surface area contributed by atoms with E-state index in [9.17, 15) is 4.79 Å². The van der Waals surface area contributed by atoms with E-state index in [4.69, 9.17) is 9.47 Å². The molecule has 0 amide bonds. The molecule has 1 saturated heterocycles. The normalized spacial score (nSPS) is 24.8. The molecule has 3 heteroatoms. The Morgan fingerprint density at radius 2 is 2.05 bits per heavy atom. The molecule has 0 aromatic heterocycles. The molecular formula is C17H24O3. The largest absolute Gasteiger partial charge is 0.462 e. The molecular weight excluding hydrogens is 252 g/mol. The molecule has 3 nitrogen and oxygen atoms in total. The first-order chi connectivity index (χ1) is 9.65. The summed E-state index contributed by atoms with van der Waals surface area (Å²) in [5.74, 6) is 0.618. The van der Waals surface area contributed by atoms with E-state index in [0.717, 1.165) is 12.8 Å². The standard InChI is InChI=1S/C17H24O3/c1-13-8-9-16(20-17(18)10-13)14(2)11-19-12-15-6-4-3-5-7-15/h3-7,13-14,16H,8-12H2,1-2H3/t13-,14+,16+/m1/s1. The van der Waals surface area contributed by atoms with Crippen LogP contribution in [0.3, 0.4) is 0 Å². The van der Waals surface area contributed by atoms with Crippen LogP contribution in [0.4, 0.5) is 0 Å². The van der Waals surface area contributed by atoms with Crippen LogP contribution in [0.1, 0.15) is 38.7 Å². The van der Waals surface area contributed by atoms with Gasteiger partial charge in [-0.1, -0.05) is 44.2 Å². The minimum absolute atomic E-state index is 0.00298. The number of carbonyl (C=O) groups is 1. The van der Waals surface area contributed by atoms with Gasteiger partial charge in [0.15, 0.2) is 0 Å². The molecule has 20 heavy (non-hydrogen) atoms. The Kier molecular flexibility index (Phi) is 5.60. The van der Waals surface area contributed by atoms with Crippen LogP contribution in [0.2, 0.25) is 0 Å². The lowest BCUT2D eigenvalue weighted by molar-refractivity contribution is -0.151. The summed E-state index contributed by atoms with van der Waals surface area (Å²) in [6.07, 6.45) is 2.55. The number of hydrogen-bond donors (Lipinski definition) is 0. The molecule has 0 spiro atoms. The maximum absolute atomic E-state index is 11.6. The summed E-state index contributed by atoms with van der Waals surface area (Å²) in [4.78, 5) is 11.6. The SMILES string of the molecule is C[C@@H]1CC[C@@H]([C@@H](C)COCc2ccccc2)OC(=O)C1. The van der Waals surface area contributed by atoms with E-state index in [2.05, 4.69) is 26.0 Å². The first kappa shape index (κ1) is 15.0. The molecule has 110 valence electrons. The minimum Gasteiger partial charge on any atom is -0.462 e. The molecule has 1 aliphatic heterocycles. The number of hydrogen-bond acceptors (Lipinski definition) is 3. The Hall–Kier alpha value is -1.35. The van der Waals surface area contributed by atoms with Gasteiger partial charge in [-0.2, -0.15) is 0 Å². The molecule has 3 atom stereocenters. The van der Waals surface area contributed by atoms with E-state index in [1.165, 1.54) is 5.56 Å².